The third-order valence-electron chi connectivity index (χ3n) is 2.91. The van der Waals surface area contributed by atoms with E-state index in [0.29, 0.717) is 28.1 Å². The summed E-state index contributed by atoms with van der Waals surface area (Å²) < 4.78 is 40.0. The highest BCUT2D eigenvalue weighted by molar-refractivity contribution is 9.10. The summed E-state index contributed by atoms with van der Waals surface area (Å²) in [7, 11) is 1.69. The molecular formula is C12H9BrF3N5. The molecule has 0 aliphatic heterocycles. The van der Waals surface area contributed by atoms with Crippen LogP contribution in [0.25, 0.3) is 5.65 Å². The van der Waals surface area contributed by atoms with Crippen LogP contribution in [-0.4, -0.2) is 24.4 Å². The zero-order valence-electron chi connectivity index (χ0n) is 10.8. The van der Waals surface area contributed by atoms with Crippen molar-refractivity contribution < 1.29 is 13.2 Å². The van der Waals surface area contributed by atoms with Crippen molar-refractivity contribution in [3.63, 3.8) is 0 Å². The Morgan fingerprint density at radius 2 is 1.95 bits per heavy atom. The van der Waals surface area contributed by atoms with E-state index in [2.05, 4.69) is 31.1 Å². The molecule has 0 saturated heterocycles. The molecule has 0 fully saturated rings. The van der Waals surface area contributed by atoms with Gasteiger partial charge in [-0.2, -0.15) is 23.1 Å². The first-order valence-electron chi connectivity index (χ1n) is 5.93. The summed E-state index contributed by atoms with van der Waals surface area (Å²) in [5, 5.41) is 8.21. The first-order chi connectivity index (χ1) is 9.83. The molecule has 0 amide bonds. The van der Waals surface area contributed by atoms with Gasteiger partial charge in [0.1, 0.15) is 11.3 Å². The molecule has 0 N–H and O–H groups in total. The van der Waals surface area contributed by atoms with Gasteiger partial charge in [0.2, 0.25) is 0 Å². The molecule has 3 rings (SSSR count). The summed E-state index contributed by atoms with van der Waals surface area (Å²) in [6.07, 6.45) is -1.40. The van der Waals surface area contributed by atoms with E-state index in [4.69, 9.17) is 0 Å². The number of rotatable bonds is 2. The average Bonchev–Trinajstić information content (AvgIpc) is 2.90. The monoisotopic (exact) mass is 359 g/mol. The van der Waals surface area contributed by atoms with Crippen molar-refractivity contribution in [2.45, 2.75) is 12.6 Å². The zero-order valence-corrected chi connectivity index (χ0v) is 12.4. The van der Waals surface area contributed by atoms with Crippen LogP contribution in [0.5, 0.6) is 0 Å². The van der Waals surface area contributed by atoms with Crippen molar-refractivity contribution in [3.8, 4) is 0 Å². The molecule has 0 unspecified atom stereocenters. The molecule has 0 aromatic carbocycles. The molecule has 3 aromatic rings. The van der Waals surface area contributed by atoms with Gasteiger partial charge in [0.15, 0.2) is 4.60 Å². The SMILES string of the molecule is Cn1nc(Br)c(Cc2cn3cc(C(F)(F)F)ccc3n2)n1. The molecule has 9 heteroatoms. The third kappa shape index (κ3) is 2.78. The minimum Gasteiger partial charge on any atom is -0.306 e. The van der Waals surface area contributed by atoms with Crippen LogP contribution < -0.4 is 0 Å². The lowest BCUT2D eigenvalue weighted by Crippen LogP contribution is -2.05. The molecule has 110 valence electrons. The second-order valence-electron chi connectivity index (χ2n) is 4.52. The Kier molecular flexibility index (Phi) is 3.23. The van der Waals surface area contributed by atoms with E-state index in [9.17, 15) is 13.2 Å². The summed E-state index contributed by atoms with van der Waals surface area (Å²) >= 11 is 3.28. The summed E-state index contributed by atoms with van der Waals surface area (Å²) in [6.45, 7) is 0. The van der Waals surface area contributed by atoms with Crippen molar-refractivity contribution in [1.29, 1.82) is 0 Å². The number of pyridine rings is 1. The Morgan fingerprint density at radius 3 is 2.57 bits per heavy atom. The molecule has 3 aromatic heterocycles. The van der Waals surface area contributed by atoms with Gasteiger partial charge in [0, 0.05) is 25.9 Å². The standard InChI is InChI=1S/C12H9BrF3N5/c1-20-18-9(11(13)19-20)4-8-6-21-5-7(12(14,15)16)2-3-10(21)17-8/h2-3,5-6H,4H2,1H3. The minimum absolute atomic E-state index is 0.386. The fourth-order valence-electron chi connectivity index (χ4n) is 2.00. The average molecular weight is 360 g/mol. The highest BCUT2D eigenvalue weighted by atomic mass is 79.9. The maximum Gasteiger partial charge on any atom is 0.417 e. The van der Waals surface area contributed by atoms with E-state index < -0.39 is 11.7 Å². The van der Waals surface area contributed by atoms with E-state index >= 15 is 0 Å². The van der Waals surface area contributed by atoms with Gasteiger partial charge < -0.3 is 4.40 Å². The van der Waals surface area contributed by atoms with Crippen molar-refractivity contribution in [1.82, 2.24) is 24.4 Å². The van der Waals surface area contributed by atoms with E-state index in [1.165, 1.54) is 15.3 Å². The highest BCUT2D eigenvalue weighted by Gasteiger charge is 2.30. The lowest BCUT2D eigenvalue weighted by Gasteiger charge is -2.05. The van der Waals surface area contributed by atoms with E-state index in [1.54, 1.807) is 13.2 Å². The van der Waals surface area contributed by atoms with Crippen LogP contribution in [0.1, 0.15) is 17.0 Å². The fourth-order valence-corrected chi connectivity index (χ4v) is 2.45. The molecule has 0 radical (unpaired) electrons. The molecule has 0 aliphatic rings. The fraction of sp³-hybridized carbons (Fsp3) is 0.250. The number of nitrogens with zero attached hydrogens (tertiary/aromatic N) is 5. The van der Waals surface area contributed by atoms with Crippen molar-refractivity contribution in [2.24, 2.45) is 7.05 Å². The topological polar surface area (TPSA) is 48.0 Å². The van der Waals surface area contributed by atoms with Gasteiger partial charge >= 0.3 is 6.18 Å². The Morgan fingerprint density at radius 1 is 1.19 bits per heavy atom. The molecule has 0 saturated carbocycles. The van der Waals surface area contributed by atoms with Gasteiger partial charge in [-0.15, -0.1) is 5.10 Å². The predicted molar refractivity (Wildman–Crippen MR) is 71.7 cm³/mol. The lowest BCUT2D eigenvalue weighted by molar-refractivity contribution is -0.137. The van der Waals surface area contributed by atoms with Crippen LogP contribution in [0.15, 0.2) is 29.1 Å². The Labute approximate surface area is 125 Å². The van der Waals surface area contributed by atoms with E-state index in [-0.39, 0.29) is 0 Å². The number of imidazole rings is 1. The lowest BCUT2D eigenvalue weighted by atomic mass is 10.3. The zero-order chi connectivity index (χ0) is 15.2. The van der Waals surface area contributed by atoms with Gasteiger partial charge in [-0.25, -0.2) is 4.98 Å². The maximum atomic E-state index is 12.7. The molecule has 0 bridgehead atoms. The third-order valence-corrected chi connectivity index (χ3v) is 3.53. The van der Waals surface area contributed by atoms with Crippen molar-refractivity contribution >= 4 is 21.6 Å². The van der Waals surface area contributed by atoms with Crippen molar-refractivity contribution in [3.05, 3.63) is 46.1 Å². The largest absolute Gasteiger partial charge is 0.417 e. The Balaban J connectivity index is 1.96. The highest BCUT2D eigenvalue weighted by Crippen LogP contribution is 2.29. The Bertz CT molecular complexity index is 805. The normalized spacial score (nSPS) is 12.2. The minimum atomic E-state index is -4.37. The molecular weight excluding hydrogens is 351 g/mol. The predicted octanol–water partition coefficient (Wildman–Crippen LogP) is 2.83. The molecule has 0 atom stereocenters. The molecule has 3 heterocycles. The van der Waals surface area contributed by atoms with Crippen LogP contribution in [0, 0.1) is 0 Å². The van der Waals surface area contributed by atoms with Gasteiger partial charge in [0.25, 0.3) is 0 Å². The summed E-state index contributed by atoms with van der Waals surface area (Å²) in [5.74, 6) is 0. The van der Waals surface area contributed by atoms with Crippen LogP contribution in [0.4, 0.5) is 13.2 Å². The summed E-state index contributed by atoms with van der Waals surface area (Å²) in [6, 6.07) is 2.36. The Hall–Kier alpha value is -1.90. The number of hydrogen-bond donors (Lipinski definition) is 0. The first kappa shape index (κ1) is 14.1. The number of alkyl halides is 3. The number of halogens is 4. The maximum absolute atomic E-state index is 12.7. The number of aryl methyl sites for hydroxylation is 1. The van der Waals surface area contributed by atoms with E-state index in [0.717, 1.165) is 12.3 Å². The van der Waals surface area contributed by atoms with Gasteiger partial charge in [-0.3, -0.25) is 0 Å². The smallest absolute Gasteiger partial charge is 0.306 e. The first-order valence-corrected chi connectivity index (χ1v) is 6.73. The van der Waals surface area contributed by atoms with Crippen LogP contribution in [-0.2, 0) is 19.6 Å². The molecule has 0 aliphatic carbocycles. The molecule has 5 nitrogen and oxygen atoms in total. The quantitative estimate of drug-likeness (QED) is 0.706. The summed E-state index contributed by atoms with van der Waals surface area (Å²) in [5.41, 5.74) is 1.05. The number of aromatic nitrogens is 5. The van der Waals surface area contributed by atoms with Crippen LogP contribution in [0.2, 0.25) is 0 Å². The number of hydrogen-bond acceptors (Lipinski definition) is 3. The van der Waals surface area contributed by atoms with Crippen LogP contribution in [0.3, 0.4) is 0 Å². The van der Waals surface area contributed by atoms with E-state index in [1.807, 2.05) is 0 Å². The van der Waals surface area contributed by atoms with Gasteiger partial charge in [-0.1, -0.05) is 0 Å². The number of fused-ring (bicyclic) bond motifs is 1. The van der Waals surface area contributed by atoms with Crippen LogP contribution >= 0.6 is 15.9 Å². The van der Waals surface area contributed by atoms with Gasteiger partial charge in [-0.05, 0) is 28.1 Å². The molecule has 21 heavy (non-hydrogen) atoms. The van der Waals surface area contributed by atoms with Crippen molar-refractivity contribution in [2.75, 3.05) is 0 Å². The van der Waals surface area contributed by atoms with Gasteiger partial charge in [0.05, 0.1) is 11.3 Å². The second kappa shape index (κ2) is 4.83. The second-order valence-corrected chi connectivity index (χ2v) is 5.27. The summed E-state index contributed by atoms with van der Waals surface area (Å²) in [4.78, 5) is 5.69. The molecule has 0 spiro atoms.